The Balaban J connectivity index is 1.53. The van der Waals surface area contributed by atoms with Crippen LogP contribution < -0.4 is 0 Å². The molecule has 4 aromatic heterocycles. The van der Waals surface area contributed by atoms with Crippen molar-refractivity contribution >= 4 is 57.5 Å². The summed E-state index contributed by atoms with van der Waals surface area (Å²) >= 11 is 7.28. The molecule has 0 amide bonds. The molecule has 4 heteroatoms. The van der Waals surface area contributed by atoms with Gasteiger partial charge < -0.3 is 0 Å². The molecule has 0 nitrogen and oxygen atoms in total. The highest BCUT2D eigenvalue weighted by atomic mass is 32.1. The van der Waals surface area contributed by atoms with Gasteiger partial charge >= 0.3 is 0 Å². The van der Waals surface area contributed by atoms with Gasteiger partial charge in [0.15, 0.2) is 0 Å². The molecular formula is C18H12S4. The van der Waals surface area contributed by atoms with Crippen molar-refractivity contribution in [3.63, 3.8) is 0 Å². The second-order valence-electron chi connectivity index (χ2n) is 4.69. The van der Waals surface area contributed by atoms with Crippen LogP contribution in [0.15, 0.2) is 59.3 Å². The van der Waals surface area contributed by atoms with Crippen molar-refractivity contribution in [1.82, 2.24) is 0 Å². The second kappa shape index (κ2) is 6.34. The molecule has 0 radical (unpaired) electrons. The third-order valence-electron chi connectivity index (χ3n) is 3.19. The van der Waals surface area contributed by atoms with Gasteiger partial charge in [-0.05, 0) is 59.3 Å². The lowest BCUT2D eigenvalue weighted by atomic mass is 10.3. The molecule has 4 aromatic rings. The largest absolute Gasteiger partial charge is 0.143 e. The summed E-state index contributed by atoms with van der Waals surface area (Å²) in [6.07, 6.45) is 4.43. The second-order valence-corrected chi connectivity index (χ2v) is 8.82. The van der Waals surface area contributed by atoms with Gasteiger partial charge in [0.25, 0.3) is 0 Å². The van der Waals surface area contributed by atoms with E-state index in [1.54, 1.807) is 22.7 Å². The first-order chi connectivity index (χ1) is 10.9. The molecule has 0 aliphatic heterocycles. The minimum absolute atomic E-state index is 1.30. The minimum Gasteiger partial charge on any atom is -0.143 e. The fraction of sp³-hybridized carbons (Fsp3) is 0. The normalized spacial score (nSPS) is 11.5. The standard InChI is InChI=1S/C18H12S4/c1-3-15(19-11-1)17-9-7-13(21-17)5-6-14-8-10-18(22-14)16-4-2-12-20-16/h1-12H/b6-5+. The number of rotatable bonds is 4. The molecule has 22 heavy (non-hydrogen) atoms. The van der Waals surface area contributed by atoms with Crippen molar-refractivity contribution in [2.24, 2.45) is 0 Å². The molecule has 0 saturated carbocycles. The van der Waals surface area contributed by atoms with E-state index in [0.717, 1.165) is 0 Å². The SMILES string of the molecule is C(=C\c1ccc(-c2cccs2)s1)/c1ccc(-c2cccs2)s1. The monoisotopic (exact) mass is 356 g/mol. The van der Waals surface area contributed by atoms with Crippen LogP contribution in [0.25, 0.3) is 31.7 Å². The zero-order valence-corrected chi connectivity index (χ0v) is 14.8. The minimum atomic E-state index is 1.30. The summed E-state index contributed by atoms with van der Waals surface area (Å²) in [6.45, 7) is 0. The van der Waals surface area contributed by atoms with Gasteiger partial charge in [-0.2, -0.15) is 0 Å². The van der Waals surface area contributed by atoms with Crippen molar-refractivity contribution < 1.29 is 0 Å². The Morgan fingerprint density at radius 1 is 0.545 bits per heavy atom. The third-order valence-corrected chi connectivity index (χ3v) is 7.43. The van der Waals surface area contributed by atoms with E-state index in [1.807, 2.05) is 22.7 Å². The maximum absolute atomic E-state index is 2.21. The molecule has 4 heterocycles. The molecule has 0 saturated heterocycles. The van der Waals surface area contributed by atoms with Gasteiger partial charge in [-0.15, -0.1) is 45.3 Å². The molecule has 0 fully saturated rings. The van der Waals surface area contributed by atoms with Gasteiger partial charge in [-0.3, -0.25) is 0 Å². The molecule has 4 rings (SSSR count). The van der Waals surface area contributed by atoms with Crippen LogP contribution in [0.3, 0.4) is 0 Å². The summed E-state index contributed by atoms with van der Waals surface area (Å²) in [5.74, 6) is 0. The van der Waals surface area contributed by atoms with Crippen LogP contribution in [-0.4, -0.2) is 0 Å². The Bertz CT molecular complexity index is 799. The maximum Gasteiger partial charge on any atom is 0.0448 e. The average molecular weight is 357 g/mol. The van der Waals surface area contributed by atoms with E-state index in [4.69, 9.17) is 0 Å². The van der Waals surface area contributed by atoms with Gasteiger partial charge in [0, 0.05) is 29.3 Å². The topological polar surface area (TPSA) is 0 Å². The molecule has 0 aromatic carbocycles. The fourth-order valence-electron chi connectivity index (χ4n) is 2.15. The van der Waals surface area contributed by atoms with Gasteiger partial charge in [0.05, 0.1) is 0 Å². The Kier molecular flexibility index (Phi) is 4.08. The smallest absolute Gasteiger partial charge is 0.0448 e. The lowest BCUT2D eigenvalue weighted by Crippen LogP contribution is -1.58. The Morgan fingerprint density at radius 3 is 1.45 bits per heavy atom. The van der Waals surface area contributed by atoms with E-state index in [2.05, 4.69) is 71.4 Å². The molecule has 0 unspecified atom stereocenters. The first kappa shape index (κ1) is 14.2. The summed E-state index contributed by atoms with van der Waals surface area (Å²) in [5.41, 5.74) is 0. The Labute approximate surface area is 145 Å². The van der Waals surface area contributed by atoms with E-state index in [1.165, 1.54) is 29.3 Å². The number of thiophene rings is 4. The van der Waals surface area contributed by atoms with E-state index in [-0.39, 0.29) is 0 Å². The molecule has 0 aliphatic carbocycles. The van der Waals surface area contributed by atoms with Gasteiger partial charge in [-0.25, -0.2) is 0 Å². The van der Waals surface area contributed by atoms with Crippen molar-refractivity contribution in [3.8, 4) is 19.5 Å². The summed E-state index contributed by atoms with van der Waals surface area (Å²) in [5, 5.41) is 4.25. The quantitative estimate of drug-likeness (QED) is 0.356. The average Bonchev–Trinajstić information content (AvgIpc) is 3.33. The number of hydrogen-bond acceptors (Lipinski definition) is 4. The van der Waals surface area contributed by atoms with E-state index in [9.17, 15) is 0 Å². The van der Waals surface area contributed by atoms with Crippen LogP contribution in [0.4, 0.5) is 0 Å². The number of hydrogen-bond donors (Lipinski definition) is 0. The summed E-state index contributed by atoms with van der Waals surface area (Å²) < 4.78 is 0. The summed E-state index contributed by atoms with van der Waals surface area (Å²) in [7, 11) is 0. The molecule has 0 bridgehead atoms. The van der Waals surface area contributed by atoms with Gasteiger partial charge in [-0.1, -0.05) is 12.1 Å². The molecule has 108 valence electrons. The van der Waals surface area contributed by atoms with Crippen LogP contribution in [0.1, 0.15) is 9.75 Å². The Morgan fingerprint density at radius 2 is 1.05 bits per heavy atom. The summed E-state index contributed by atoms with van der Waals surface area (Å²) in [6, 6.07) is 17.4. The van der Waals surface area contributed by atoms with Crippen LogP contribution in [-0.2, 0) is 0 Å². The predicted molar refractivity (Wildman–Crippen MR) is 104 cm³/mol. The highest BCUT2D eigenvalue weighted by Gasteiger charge is 2.03. The molecular weight excluding hydrogens is 344 g/mol. The molecule has 0 atom stereocenters. The first-order valence-corrected chi connectivity index (χ1v) is 10.2. The fourth-order valence-corrected chi connectivity index (χ4v) is 5.64. The van der Waals surface area contributed by atoms with Gasteiger partial charge in [0.1, 0.15) is 0 Å². The maximum atomic E-state index is 2.21. The molecule has 0 spiro atoms. The predicted octanol–water partition coefficient (Wildman–Crippen LogP) is 7.44. The van der Waals surface area contributed by atoms with Crippen LogP contribution in [0.5, 0.6) is 0 Å². The zero-order chi connectivity index (χ0) is 14.8. The zero-order valence-electron chi connectivity index (χ0n) is 11.6. The lowest BCUT2D eigenvalue weighted by Gasteiger charge is -1.89. The highest BCUT2D eigenvalue weighted by molar-refractivity contribution is 7.22. The van der Waals surface area contributed by atoms with Crippen molar-refractivity contribution in [2.45, 2.75) is 0 Å². The summed E-state index contributed by atoms with van der Waals surface area (Å²) in [4.78, 5) is 7.99. The van der Waals surface area contributed by atoms with Gasteiger partial charge in [0.2, 0.25) is 0 Å². The van der Waals surface area contributed by atoms with Crippen LogP contribution >= 0.6 is 45.3 Å². The Hall–Kier alpha value is -1.46. The first-order valence-electron chi connectivity index (χ1n) is 6.84. The lowest BCUT2D eigenvalue weighted by molar-refractivity contribution is 1.90. The van der Waals surface area contributed by atoms with E-state index >= 15 is 0 Å². The van der Waals surface area contributed by atoms with Crippen LogP contribution in [0.2, 0.25) is 0 Å². The van der Waals surface area contributed by atoms with E-state index in [0.29, 0.717) is 0 Å². The van der Waals surface area contributed by atoms with Crippen LogP contribution in [0, 0.1) is 0 Å². The van der Waals surface area contributed by atoms with Crippen molar-refractivity contribution in [2.75, 3.05) is 0 Å². The third kappa shape index (κ3) is 3.01. The van der Waals surface area contributed by atoms with Crippen molar-refractivity contribution in [1.29, 1.82) is 0 Å². The van der Waals surface area contributed by atoms with Crippen molar-refractivity contribution in [3.05, 3.63) is 69.0 Å². The molecule has 0 N–H and O–H groups in total. The highest BCUT2D eigenvalue weighted by Crippen LogP contribution is 2.34. The van der Waals surface area contributed by atoms with E-state index < -0.39 is 0 Å². The molecule has 0 aliphatic rings.